The molecule has 1 fully saturated rings. The van der Waals surface area contributed by atoms with Crippen molar-refractivity contribution in [3.63, 3.8) is 0 Å². The van der Waals surface area contributed by atoms with Crippen LogP contribution in [-0.2, 0) is 0 Å². The fraction of sp³-hybridized carbons (Fsp3) is 0.562. The van der Waals surface area contributed by atoms with Gasteiger partial charge in [-0.05, 0) is 24.8 Å². The zero-order valence-electron chi connectivity index (χ0n) is 12.2. The van der Waals surface area contributed by atoms with Crippen molar-refractivity contribution >= 4 is 5.96 Å². The van der Waals surface area contributed by atoms with Crippen LogP contribution in [0.5, 0.6) is 0 Å². The van der Waals surface area contributed by atoms with Crippen LogP contribution >= 0.6 is 0 Å². The molecule has 1 aromatic rings. The number of hydrogen-bond donors (Lipinski definition) is 2. The minimum atomic E-state index is 0.452. The fourth-order valence-electron chi connectivity index (χ4n) is 2.13. The third-order valence-electron chi connectivity index (χ3n) is 3.67. The molecule has 0 bridgehead atoms. The lowest BCUT2D eigenvalue weighted by Crippen LogP contribution is -2.39. The number of nitrogens with one attached hydrogen (secondary N) is 2. The molecule has 2 rings (SSSR count). The van der Waals surface area contributed by atoms with E-state index in [-0.39, 0.29) is 0 Å². The zero-order chi connectivity index (χ0) is 13.7. The van der Waals surface area contributed by atoms with Crippen molar-refractivity contribution in [1.29, 1.82) is 0 Å². The molecule has 0 radical (unpaired) electrons. The zero-order valence-corrected chi connectivity index (χ0v) is 12.2. The summed E-state index contributed by atoms with van der Waals surface area (Å²) in [7, 11) is 0. The molecule has 19 heavy (non-hydrogen) atoms. The average Bonchev–Trinajstić information content (AvgIpc) is 3.12. The summed E-state index contributed by atoms with van der Waals surface area (Å²) in [6.45, 7) is 8.33. The molecule has 0 heterocycles. The summed E-state index contributed by atoms with van der Waals surface area (Å²) < 4.78 is 0. The predicted molar refractivity (Wildman–Crippen MR) is 81.5 cm³/mol. The fourth-order valence-corrected chi connectivity index (χ4v) is 2.13. The Morgan fingerprint density at radius 3 is 2.63 bits per heavy atom. The van der Waals surface area contributed by atoms with Gasteiger partial charge in [-0.2, -0.15) is 0 Å². The third kappa shape index (κ3) is 4.27. The molecule has 3 nitrogen and oxygen atoms in total. The Morgan fingerprint density at radius 1 is 1.37 bits per heavy atom. The van der Waals surface area contributed by atoms with Gasteiger partial charge in [0.05, 0.1) is 0 Å². The predicted octanol–water partition coefficient (Wildman–Crippen LogP) is 2.75. The van der Waals surface area contributed by atoms with Crippen LogP contribution in [0.4, 0.5) is 0 Å². The summed E-state index contributed by atoms with van der Waals surface area (Å²) in [6.07, 6.45) is 1.26. The number of rotatable bonds is 5. The summed E-state index contributed by atoms with van der Waals surface area (Å²) in [6, 6.07) is 11.2. The van der Waals surface area contributed by atoms with Crippen molar-refractivity contribution in [2.75, 3.05) is 13.1 Å². The highest BCUT2D eigenvalue weighted by Gasteiger charge is 2.33. The first-order valence-corrected chi connectivity index (χ1v) is 7.30. The van der Waals surface area contributed by atoms with E-state index in [2.05, 4.69) is 61.7 Å². The summed E-state index contributed by atoms with van der Waals surface area (Å²) in [4.78, 5) is 4.70. The second-order valence-corrected chi connectivity index (χ2v) is 5.50. The average molecular weight is 259 g/mol. The lowest BCUT2D eigenvalue weighted by molar-refractivity contribution is 0.734. The molecule has 0 saturated heterocycles. The normalized spacial score (nSPS) is 23.8. The number of hydrogen-bond acceptors (Lipinski definition) is 1. The first-order valence-electron chi connectivity index (χ1n) is 7.30. The smallest absolute Gasteiger partial charge is 0.191 e. The van der Waals surface area contributed by atoms with Crippen molar-refractivity contribution in [3.05, 3.63) is 35.9 Å². The molecule has 3 unspecified atom stereocenters. The van der Waals surface area contributed by atoms with Gasteiger partial charge in [-0.1, -0.05) is 44.2 Å². The Bertz CT molecular complexity index is 413. The largest absolute Gasteiger partial charge is 0.357 e. The molecule has 1 aromatic carbocycles. The minimum Gasteiger partial charge on any atom is -0.357 e. The maximum Gasteiger partial charge on any atom is 0.191 e. The highest BCUT2D eigenvalue weighted by molar-refractivity contribution is 5.80. The van der Waals surface area contributed by atoms with E-state index in [0.29, 0.717) is 12.0 Å². The first kappa shape index (κ1) is 13.9. The van der Waals surface area contributed by atoms with Crippen LogP contribution in [0, 0.1) is 5.92 Å². The van der Waals surface area contributed by atoms with E-state index in [9.17, 15) is 0 Å². The Morgan fingerprint density at radius 2 is 2.05 bits per heavy atom. The van der Waals surface area contributed by atoms with E-state index in [1.165, 1.54) is 12.0 Å². The van der Waals surface area contributed by atoms with Gasteiger partial charge in [-0.25, -0.2) is 0 Å². The van der Waals surface area contributed by atoms with Crippen LogP contribution < -0.4 is 10.6 Å². The molecule has 104 valence electrons. The molecule has 1 saturated carbocycles. The van der Waals surface area contributed by atoms with Gasteiger partial charge in [0.2, 0.25) is 0 Å². The van der Waals surface area contributed by atoms with Gasteiger partial charge >= 0.3 is 0 Å². The van der Waals surface area contributed by atoms with E-state index in [1.807, 2.05) is 0 Å². The third-order valence-corrected chi connectivity index (χ3v) is 3.67. The Hall–Kier alpha value is -1.51. The topological polar surface area (TPSA) is 36.4 Å². The summed E-state index contributed by atoms with van der Waals surface area (Å²) in [5, 5.41) is 6.81. The van der Waals surface area contributed by atoms with Gasteiger partial charge in [-0.3, -0.25) is 4.99 Å². The van der Waals surface area contributed by atoms with Crippen molar-refractivity contribution < 1.29 is 0 Å². The molecule has 0 spiro atoms. The minimum absolute atomic E-state index is 0.452. The molecule has 1 aliphatic carbocycles. The van der Waals surface area contributed by atoms with Gasteiger partial charge in [-0.15, -0.1) is 0 Å². The Labute approximate surface area is 116 Å². The van der Waals surface area contributed by atoms with Gasteiger partial charge in [0.1, 0.15) is 0 Å². The summed E-state index contributed by atoms with van der Waals surface area (Å²) >= 11 is 0. The number of nitrogens with zero attached hydrogens (tertiary/aromatic N) is 1. The van der Waals surface area contributed by atoms with Gasteiger partial charge in [0.25, 0.3) is 0 Å². The van der Waals surface area contributed by atoms with Crippen LogP contribution in [0.25, 0.3) is 0 Å². The molecule has 3 atom stereocenters. The van der Waals surface area contributed by atoms with Crippen molar-refractivity contribution in [3.8, 4) is 0 Å². The molecule has 2 N–H and O–H groups in total. The monoisotopic (exact) mass is 259 g/mol. The Kier molecular flexibility index (Phi) is 4.83. The van der Waals surface area contributed by atoms with E-state index < -0.39 is 0 Å². The highest BCUT2D eigenvalue weighted by atomic mass is 15.2. The number of aliphatic imine (C=N–C) groups is 1. The first-order chi connectivity index (χ1) is 9.20. The van der Waals surface area contributed by atoms with Crippen LogP contribution in [0.2, 0.25) is 0 Å². The summed E-state index contributed by atoms with van der Waals surface area (Å²) in [5.41, 5.74) is 1.35. The second kappa shape index (κ2) is 6.60. The molecule has 1 aliphatic rings. The highest BCUT2D eigenvalue weighted by Crippen LogP contribution is 2.28. The van der Waals surface area contributed by atoms with Crippen LogP contribution in [-0.4, -0.2) is 25.1 Å². The lowest BCUT2D eigenvalue weighted by Gasteiger charge is -2.13. The molecule has 0 aromatic heterocycles. The maximum absolute atomic E-state index is 4.70. The number of guanidine groups is 1. The van der Waals surface area contributed by atoms with Gasteiger partial charge in [0, 0.05) is 25.0 Å². The lowest BCUT2D eigenvalue weighted by atomic mass is 10.0. The van der Waals surface area contributed by atoms with E-state index in [1.54, 1.807) is 0 Å². The SMILES string of the molecule is CCNC(=NCC(C)c1ccccc1)NC1CC1C. The van der Waals surface area contributed by atoms with E-state index in [0.717, 1.165) is 25.0 Å². The van der Waals surface area contributed by atoms with Crippen molar-refractivity contribution in [1.82, 2.24) is 10.6 Å². The molecule has 0 amide bonds. The van der Waals surface area contributed by atoms with Crippen molar-refractivity contribution in [2.24, 2.45) is 10.9 Å². The van der Waals surface area contributed by atoms with Gasteiger partial charge < -0.3 is 10.6 Å². The van der Waals surface area contributed by atoms with Crippen LogP contribution in [0.15, 0.2) is 35.3 Å². The quantitative estimate of drug-likeness (QED) is 0.630. The van der Waals surface area contributed by atoms with Gasteiger partial charge in [0.15, 0.2) is 5.96 Å². The molecular weight excluding hydrogens is 234 g/mol. The second-order valence-electron chi connectivity index (χ2n) is 5.50. The Balaban J connectivity index is 1.90. The molecule has 0 aliphatic heterocycles. The van der Waals surface area contributed by atoms with E-state index in [4.69, 9.17) is 4.99 Å². The standard InChI is InChI=1S/C16H25N3/c1-4-17-16(19-15-10-12(15)2)18-11-13(3)14-8-6-5-7-9-14/h5-9,12-13,15H,4,10-11H2,1-3H3,(H2,17,18,19). The van der Waals surface area contributed by atoms with Crippen LogP contribution in [0.1, 0.15) is 38.7 Å². The molecule has 3 heteroatoms. The van der Waals surface area contributed by atoms with E-state index >= 15 is 0 Å². The van der Waals surface area contributed by atoms with Crippen molar-refractivity contribution in [2.45, 2.75) is 39.2 Å². The van der Waals surface area contributed by atoms with Crippen LogP contribution in [0.3, 0.4) is 0 Å². The maximum atomic E-state index is 4.70. The molecular formula is C16H25N3. The number of benzene rings is 1. The summed E-state index contributed by atoms with van der Waals surface area (Å²) in [5.74, 6) is 2.20.